The van der Waals surface area contributed by atoms with E-state index in [2.05, 4.69) is 15.0 Å². The minimum absolute atomic E-state index is 0.0290. The minimum atomic E-state index is -3.78. The minimum Gasteiger partial charge on any atom is -0.355 e. The molecule has 1 atom stereocenters. The highest BCUT2D eigenvalue weighted by Crippen LogP contribution is 2.12. The Balaban J connectivity index is 2.86. The molecule has 1 heterocycles. The van der Waals surface area contributed by atoms with Crippen molar-refractivity contribution in [3.05, 3.63) is 23.5 Å². The standard InChI is InChI=1S/C10H14ClN3O3S/c1-3-12-10(15)7(2)14-18(16,17)8-4-5-13-9(11)6-8/h4-7,14H,3H2,1-2H3,(H,12,15). The van der Waals surface area contributed by atoms with Crippen molar-refractivity contribution >= 4 is 27.5 Å². The van der Waals surface area contributed by atoms with Crippen LogP contribution in [0.1, 0.15) is 13.8 Å². The molecule has 0 aliphatic rings. The monoisotopic (exact) mass is 291 g/mol. The normalized spacial score (nSPS) is 13.1. The van der Waals surface area contributed by atoms with Gasteiger partial charge in [-0.2, -0.15) is 4.72 Å². The van der Waals surface area contributed by atoms with Crippen LogP contribution in [0.25, 0.3) is 0 Å². The largest absolute Gasteiger partial charge is 0.355 e. The van der Waals surface area contributed by atoms with Crippen LogP contribution in [0.5, 0.6) is 0 Å². The number of amides is 1. The van der Waals surface area contributed by atoms with Crippen LogP contribution in [0.3, 0.4) is 0 Å². The first kappa shape index (κ1) is 14.9. The van der Waals surface area contributed by atoms with Gasteiger partial charge in [-0.3, -0.25) is 4.79 Å². The summed E-state index contributed by atoms with van der Waals surface area (Å²) in [6, 6.07) is 1.66. The van der Waals surface area contributed by atoms with Gasteiger partial charge in [-0.05, 0) is 26.0 Å². The third kappa shape index (κ3) is 3.94. The number of aromatic nitrogens is 1. The lowest BCUT2D eigenvalue weighted by Gasteiger charge is -2.13. The fourth-order valence-corrected chi connectivity index (χ4v) is 2.69. The van der Waals surface area contributed by atoms with E-state index in [0.717, 1.165) is 0 Å². The zero-order valence-corrected chi connectivity index (χ0v) is 11.5. The first-order valence-corrected chi connectivity index (χ1v) is 7.14. The third-order valence-corrected chi connectivity index (χ3v) is 3.83. The number of halogens is 1. The van der Waals surface area contributed by atoms with E-state index in [9.17, 15) is 13.2 Å². The summed E-state index contributed by atoms with van der Waals surface area (Å²) in [5.74, 6) is -0.388. The lowest BCUT2D eigenvalue weighted by atomic mass is 10.3. The van der Waals surface area contributed by atoms with Gasteiger partial charge in [0.1, 0.15) is 5.15 Å². The van der Waals surface area contributed by atoms with Gasteiger partial charge in [0.2, 0.25) is 15.9 Å². The molecule has 0 aliphatic heterocycles. The number of carbonyl (C=O) groups is 1. The molecular formula is C10H14ClN3O3S. The fraction of sp³-hybridized carbons (Fsp3) is 0.400. The molecule has 1 unspecified atom stereocenters. The molecule has 1 amide bonds. The molecule has 0 fully saturated rings. The van der Waals surface area contributed by atoms with Crippen LogP contribution < -0.4 is 10.0 Å². The quantitative estimate of drug-likeness (QED) is 0.775. The molecule has 0 aliphatic carbocycles. The van der Waals surface area contributed by atoms with Crippen LogP contribution in [-0.2, 0) is 14.8 Å². The van der Waals surface area contributed by atoms with Gasteiger partial charge in [-0.15, -0.1) is 0 Å². The maximum atomic E-state index is 11.9. The lowest BCUT2D eigenvalue weighted by molar-refractivity contribution is -0.122. The van der Waals surface area contributed by atoms with E-state index in [1.165, 1.54) is 25.3 Å². The number of pyridine rings is 1. The van der Waals surface area contributed by atoms with E-state index in [1.54, 1.807) is 6.92 Å². The molecule has 6 nitrogen and oxygen atoms in total. The Bertz CT molecular complexity index is 533. The summed E-state index contributed by atoms with van der Waals surface area (Å²) in [4.78, 5) is 15.1. The van der Waals surface area contributed by atoms with Crippen LogP contribution in [0.4, 0.5) is 0 Å². The Morgan fingerprint density at radius 3 is 2.78 bits per heavy atom. The van der Waals surface area contributed by atoms with Gasteiger partial charge in [-0.25, -0.2) is 13.4 Å². The highest BCUT2D eigenvalue weighted by Gasteiger charge is 2.21. The van der Waals surface area contributed by atoms with E-state index in [0.29, 0.717) is 6.54 Å². The summed E-state index contributed by atoms with van der Waals surface area (Å²) < 4.78 is 26.1. The smallest absolute Gasteiger partial charge is 0.241 e. The molecular weight excluding hydrogens is 278 g/mol. The molecule has 18 heavy (non-hydrogen) atoms. The summed E-state index contributed by atoms with van der Waals surface area (Å²) >= 11 is 5.62. The fourth-order valence-electron chi connectivity index (χ4n) is 1.23. The van der Waals surface area contributed by atoms with Gasteiger partial charge >= 0.3 is 0 Å². The zero-order valence-electron chi connectivity index (χ0n) is 9.97. The van der Waals surface area contributed by atoms with Crippen molar-refractivity contribution in [2.75, 3.05) is 6.54 Å². The van der Waals surface area contributed by atoms with Crippen LogP contribution in [0, 0.1) is 0 Å². The molecule has 0 aromatic carbocycles. The predicted octanol–water partition coefficient (Wildman–Crippen LogP) is 0.538. The number of sulfonamides is 1. The van der Waals surface area contributed by atoms with Gasteiger partial charge < -0.3 is 5.32 Å². The third-order valence-electron chi connectivity index (χ3n) is 2.08. The zero-order chi connectivity index (χ0) is 13.8. The van der Waals surface area contributed by atoms with Crippen LogP contribution in [0.15, 0.2) is 23.2 Å². The van der Waals surface area contributed by atoms with E-state index >= 15 is 0 Å². The van der Waals surface area contributed by atoms with Crippen molar-refractivity contribution in [3.8, 4) is 0 Å². The van der Waals surface area contributed by atoms with E-state index in [-0.39, 0.29) is 16.0 Å². The van der Waals surface area contributed by atoms with Crippen molar-refractivity contribution in [3.63, 3.8) is 0 Å². The van der Waals surface area contributed by atoms with Crippen molar-refractivity contribution < 1.29 is 13.2 Å². The number of rotatable bonds is 5. The van der Waals surface area contributed by atoms with Gasteiger partial charge in [0.25, 0.3) is 0 Å². The first-order chi connectivity index (χ1) is 8.36. The highest BCUT2D eigenvalue weighted by atomic mass is 35.5. The van der Waals surface area contributed by atoms with Gasteiger partial charge in [0.15, 0.2) is 0 Å². The van der Waals surface area contributed by atoms with Crippen LogP contribution in [-0.4, -0.2) is 31.9 Å². The maximum absolute atomic E-state index is 11.9. The first-order valence-electron chi connectivity index (χ1n) is 5.28. The van der Waals surface area contributed by atoms with Crippen molar-refractivity contribution in [2.45, 2.75) is 24.8 Å². The van der Waals surface area contributed by atoms with E-state index in [1.807, 2.05) is 0 Å². The Morgan fingerprint density at radius 1 is 1.56 bits per heavy atom. The van der Waals surface area contributed by atoms with Crippen molar-refractivity contribution in [1.29, 1.82) is 0 Å². The average Bonchev–Trinajstić information content (AvgIpc) is 2.28. The number of nitrogens with one attached hydrogen (secondary N) is 2. The summed E-state index contributed by atoms with van der Waals surface area (Å²) in [6.07, 6.45) is 1.29. The highest BCUT2D eigenvalue weighted by molar-refractivity contribution is 7.89. The van der Waals surface area contributed by atoms with Crippen molar-refractivity contribution in [1.82, 2.24) is 15.0 Å². The molecule has 1 aromatic heterocycles. The number of hydrogen-bond donors (Lipinski definition) is 2. The molecule has 0 spiro atoms. The Morgan fingerprint density at radius 2 is 2.22 bits per heavy atom. The van der Waals surface area contributed by atoms with Crippen molar-refractivity contribution in [2.24, 2.45) is 0 Å². The molecule has 0 saturated heterocycles. The lowest BCUT2D eigenvalue weighted by Crippen LogP contribution is -2.44. The number of likely N-dealkylation sites (N-methyl/N-ethyl adjacent to an activating group) is 1. The SMILES string of the molecule is CCNC(=O)C(C)NS(=O)(=O)c1ccnc(Cl)c1. The number of nitrogens with zero attached hydrogens (tertiary/aromatic N) is 1. The Labute approximate surface area is 111 Å². The summed E-state index contributed by atoms with van der Waals surface area (Å²) in [5.41, 5.74) is 0. The summed E-state index contributed by atoms with van der Waals surface area (Å²) in [7, 11) is -3.78. The molecule has 2 N–H and O–H groups in total. The molecule has 0 bridgehead atoms. The van der Waals surface area contributed by atoms with Crippen LogP contribution in [0.2, 0.25) is 5.15 Å². The summed E-state index contributed by atoms with van der Waals surface area (Å²) in [6.45, 7) is 3.65. The second-order valence-electron chi connectivity index (χ2n) is 3.55. The topological polar surface area (TPSA) is 88.2 Å². The number of carbonyl (C=O) groups excluding carboxylic acids is 1. The molecule has 1 rings (SSSR count). The van der Waals surface area contributed by atoms with E-state index in [4.69, 9.17) is 11.6 Å². The van der Waals surface area contributed by atoms with Gasteiger partial charge in [0.05, 0.1) is 10.9 Å². The maximum Gasteiger partial charge on any atom is 0.241 e. The molecule has 0 radical (unpaired) electrons. The van der Waals surface area contributed by atoms with Crippen LogP contribution >= 0.6 is 11.6 Å². The molecule has 1 aromatic rings. The number of hydrogen-bond acceptors (Lipinski definition) is 4. The Kier molecular flexibility index (Phi) is 5.06. The van der Waals surface area contributed by atoms with Gasteiger partial charge in [-0.1, -0.05) is 11.6 Å². The van der Waals surface area contributed by atoms with E-state index < -0.39 is 16.1 Å². The molecule has 100 valence electrons. The second-order valence-corrected chi connectivity index (χ2v) is 5.65. The second kappa shape index (κ2) is 6.12. The average molecular weight is 292 g/mol. The van der Waals surface area contributed by atoms with Gasteiger partial charge in [0, 0.05) is 12.7 Å². The predicted molar refractivity (Wildman–Crippen MR) is 67.7 cm³/mol. The Hall–Kier alpha value is -1.18. The molecule has 8 heteroatoms. The summed E-state index contributed by atoms with van der Waals surface area (Å²) in [5, 5.41) is 2.60. The molecule has 0 saturated carbocycles.